The van der Waals surface area contributed by atoms with Crippen LogP contribution >= 0.6 is 0 Å². The summed E-state index contributed by atoms with van der Waals surface area (Å²) in [6.07, 6.45) is 3.24. The molecule has 0 aliphatic carbocycles. The summed E-state index contributed by atoms with van der Waals surface area (Å²) in [5, 5.41) is 8.68. The molecule has 1 heterocycles. The fourth-order valence-electron chi connectivity index (χ4n) is 1.25. The second-order valence-corrected chi connectivity index (χ2v) is 2.54. The van der Waals surface area contributed by atoms with E-state index in [1.165, 1.54) is 4.90 Å². The van der Waals surface area contributed by atoms with Crippen LogP contribution in [-0.4, -0.2) is 34.2 Å². The van der Waals surface area contributed by atoms with Crippen molar-refractivity contribution in [2.24, 2.45) is 0 Å². The molecule has 1 aliphatic heterocycles. The Morgan fingerprint density at radius 2 is 2.27 bits per heavy atom. The van der Waals surface area contributed by atoms with Crippen LogP contribution in [0.4, 0.5) is 4.79 Å². The molecule has 0 aromatic rings. The first-order valence-corrected chi connectivity index (χ1v) is 3.58. The Balaban J connectivity index is 2.68. The maximum absolute atomic E-state index is 10.6. The van der Waals surface area contributed by atoms with Crippen LogP contribution in [0, 0.1) is 0 Å². The van der Waals surface area contributed by atoms with Crippen LogP contribution in [0.15, 0.2) is 12.4 Å². The van der Waals surface area contributed by atoms with Crippen molar-refractivity contribution in [2.45, 2.75) is 19.5 Å². The number of hydrogen-bond donors (Lipinski definition) is 1. The lowest BCUT2D eigenvalue weighted by molar-refractivity contribution is 0.122. The molecule has 62 valence electrons. The van der Waals surface area contributed by atoms with Gasteiger partial charge in [-0.1, -0.05) is 6.92 Å². The summed E-state index contributed by atoms with van der Waals surface area (Å²) in [6.45, 7) is 1.96. The van der Waals surface area contributed by atoms with E-state index in [0.29, 0.717) is 0 Å². The summed E-state index contributed by atoms with van der Waals surface area (Å²) in [4.78, 5) is 13.8. The van der Waals surface area contributed by atoms with Gasteiger partial charge in [0.05, 0.1) is 0 Å². The van der Waals surface area contributed by atoms with Gasteiger partial charge in [0.25, 0.3) is 0 Å². The fraction of sp³-hybridized carbons (Fsp3) is 0.571. The molecule has 1 amide bonds. The first-order chi connectivity index (χ1) is 5.16. The Labute approximate surface area is 65.7 Å². The van der Waals surface area contributed by atoms with E-state index in [4.69, 9.17) is 5.11 Å². The van der Waals surface area contributed by atoms with Gasteiger partial charge in [-0.25, -0.2) is 4.79 Å². The molecule has 0 saturated heterocycles. The van der Waals surface area contributed by atoms with Gasteiger partial charge in [-0.2, -0.15) is 0 Å². The molecule has 0 fully saturated rings. The van der Waals surface area contributed by atoms with E-state index in [9.17, 15) is 4.79 Å². The van der Waals surface area contributed by atoms with E-state index in [0.717, 1.165) is 6.42 Å². The van der Waals surface area contributed by atoms with Gasteiger partial charge in [-0.05, 0) is 6.42 Å². The summed E-state index contributed by atoms with van der Waals surface area (Å²) in [6, 6.07) is 0. The lowest BCUT2D eigenvalue weighted by atomic mass is 10.3. The summed E-state index contributed by atoms with van der Waals surface area (Å²) < 4.78 is 0. The van der Waals surface area contributed by atoms with E-state index in [2.05, 4.69) is 0 Å². The van der Waals surface area contributed by atoms with Crippen LogP contribution in [-0.2, 0) is 0 Å². The first kappa shape index (κ1) is 7.91. The van der Waals surface area contributed by atoms with Gasteiger partial charge >= 0.3 is 6.09 Å². The Bertz CT molecular complexity index is 191. The molecular formula is C7H12N2O2. The maximum Gasteiger partial charge on any atom is 0.413 e. The molecular weight excluding hydrogens is 144 g/mol. The third-order valence-corrected chi connectivity index (χ3v) is 1.84. The smallest absolute Gasteiger partial charge is 0.413 e. The second-order valence-electron chi connectivity index (χ2n) is 2.54. The van der Waals surface area contributed by atoms with Gasteiger partial charge in [0.15, 0.2) is 0 Å². The first-order valence-electron chi connectivity index (χ1n) is 3.58. The minimum absolute atomic E-state index is 0.0208. The molecule has 0 bridgehead atoms. The second kappa shape index (κ2) is 2.82. The normalized spacial score (nSPS) is 22.9. The average Bonchev–Trinajstić information content (AvgIpc) is 2.30. The number of amides is 1. The Morgan fingerprint density at radius 3 is 2.64 bits per heavy atom. The molecule has 0 aromatic carbocycles. The number of rotatable bonds is 1. The van der Waals surface area contributed by atoms with Crippen LogP contribution in [0.2, 0.25) is 0 Å². The summed E-state index contributed by atoms with van der Waals surface area (Å²) >= 11 is 0. The molecule has 1 unspecified atom stereocenters. The predicted molar refractivity (Wildman–Crippen MR) is 40.8 cm³/mol. The molecule has 1 N–H and O–H groups in total. The van der Waals surface area contributed by atoms with Crippen molar-refractivity contribution in [3.05, 3.63) is 12.4 Å². The molecule has 1 rings (SSSR count). The zero-order valence-electron chi connectivity index (χ0n) is 6.69. The number of nitrogens with zero attached hydrogens (tertiary/aromatic N) is 2. The molecule has 0 saturated carbocycles. The van der Waals surface area contributed by atoms with Crippen LogP contribution in [0.5, 0.6) is 0 Å². The van der Waals surface area contributed by atoms with Crippen LogP contribution in [0.1, 0.15) is 13.3 Å². The summed E-state index contributed by atoms with van der Waals surface area (Å²) in [7, 11) is 1.87. The highest BCUT2D eigenvalue weighted by Crippen LogP contribution is 2.15. The van der Waals surface area contributed by atoms with Gasteiger partial charge in [0.1, 0.15) is 6.17 Å². The lowest BCUT2D eigenvalue weighted by Crippen LogP contribution is -2.38. The van der Waals surface area contributed by atoms with Gasteiger partial charge < -0.3 is 10.0 Å². The quantitative estimate of drug-likeness (QED) is 0.618. The van der Waals surface area contributed by atoms with Crippen LogP contribution < -0.4 is 0 Å². The molecule has 0 radical (unpaired) electrons. The monoisotopic (exact) mass is 156 g/mol. The largest absolute Gasteiger partial charge is 0.465 e. The Morgan fingerprint density at radius 1 is 1.64 bits per heavy atom. The van der Waals surface area contributed by atoms with Crippen molar-refractivity contribution in [3.63, 3.8) is 0 Å². The van der Waals surface area contributed by atoms with Crippen molar-refractivity contribution < 1.29 is 9.90 Å². The third-order valence-electron chi connectivity index (χ3n) is 1.84. The Hall–Kier alpha value is -1.19. The molecule has 4 nitrogen and oxygen atoms in total. The van der Waals surface area contributed by atoms with Gasteiger partial charge in [0, 0.05) is 19.4 Å². The van der Waals surface area contributed by atoms with Crippen molar-refractivity contribution in [3.8, 4) is 0 Å². The van der Waals surface area contributed by atoms with Crippen molar-refractivity contribution in [2.75, 3.05) is 7.05 Å². The van der Waals surface area contributed by atoms with Gasteiger partial charge in [-0.15, -0.1) is 0 Å². The zero-order valence-corrected chi connectivity index (χ0v) is 6.69. The summed E-state index contributed by atoms with van der Waals surface area (Å²) in [5.41, 5.74) is 0. The zero-order chi connectivity index (χ0) is 8.43. The van der Waals surface area contributed by atoms with Gasteiger partial charge in [0.2, 0.25) is 0 Å². The number of carbonyl (C=O) groups is 1. The minimum Gasteiger partial charge on any atom is -0.465 e. The highest BCUT2D eigenvalue weighted by atomic mass is 16.4. The predicted octanol–water partition coefficient (Wildman–Crippen LogP) is 1.12. The average molecular weight is 156 g/mol. The van der Waals surface area contributed by atoms with E-state index in [-0.39, 0.29) is 6.17 Å². The topological polar surface area (TPSA) is 43.8 Å². The van der Waals surface area contributed by atoms with Gasteiger partial charge in [-0.3, -0.25) is 4.90 Å². The highest BCUT2D eigenvalue weighted by molar-refractivity contribution is 5.67. The van der Waals surface area contributed by atoms with Crippen LogP contribution in [0.25, 0.3) is 0 Å². The van der Waals surface area contributed by atoms with Crippen molar-refractivity contribution in [1.29, 1.82) is 0 Å². The minimum atomic E-state index is -0.891. The van der Waals surface area contributed by atoms with E-state index in [1.807, 2.05) is 18.9 Å². The van der Waals surface area contributed by atoms with Crippen molar-refractivity contribution in [1.82, 2.24) is 9.80 Å². The molecule has 0 spiro atoms. The third kappa shape index (κ3) is 1.29. The van der Waals surface area contributed by atoms with Crippen LogP contribution in [0.3, 0.4) is 0 Å². The molecule has 1 atom stereocenters. The number of carboxylic acid groups (broad SMARTS) is 1. The summed E-state index contributed by atoms with van der Waals surface area (Å²) in [5.74, 6) is 0. The van der Waals surface area contributed by atoms with Crippen molar-refractivity contribution >= 4 is 6.09 Å². The molecule has 4 heteroatoms. The fourth-order valence-corrected chi connectivity index (χ4v) is 1.25. The molecule has 11 heavy (non-hydrogen) atoms. The van der Waals surface area contributed by atoms with E-state index < -0.39 is 6.09 Å². The SMILES string of the molecule is CCC1N(C)C=CN1C(=O)O. The molecule has 0 aromatic heterocycles. The molecule has 1 aliphatic rings. The Kier molecular flexibility index (Phi) is 2.03. The maximum atomic E-state index is 10.6. The van der Waals surface area contributed by atoms with E-state index >= 15 is 0 Å². The number of hydrogen-bond acceptors (Lipinski definition) is 2. The highest BCUT2D eigenvalue weighted by Gasteiger charge is 2.26. The standard InChI is InChI=1S/C7H12N2O2/c1-3-6-8(2)4-5-9(6)7(10)11/h4-6H,3H2,1-2H3,(H,10,11). The lowest BCUT2D eigenvalue weighted by Gasteiger charge is -2.25. The van der Waals surface area contributed by atoms with E-state index in [1.54, 1.807) is 12.4 Å².